The lowest BCUT2D eigenvalue weighted by Gasteiger charge is -2.43. The number of aliphatic hydroxyl groups is 4. The van der Waals surface area contributed by atoms with Crippen molar-refractivity contribution in [3.63, 3.8) is 0 Å². The molecule has 0 aromatic heterocycles. The number of ether oxygens (including phenoxy) is 4. The zero-order chi connectivity index (χ0) is 23.3. The molecular formula is C15H28O15S. The molecule has 0 aliphatic carbocycles. The van der Waals surface area contributed by atoms with E-state index in [1.807, 2.05) is 0 Å². The summed E-state index contributed by atoms with van der Waals surface area (Å²) in [5.74, 6) is -1.78. The number of rotatable bonds is 9. The monoisotopic (exact) mass is 480 g/mol. The summed E-state index contributed by atoms with van der Waals surface area (Å²) in [5.41, 5.74) is 0. The first-order chi connectivity index (χ1) is 14.5. The van der Waals surface area contributed by atoms with Crippen molar-refractivity contribution in [2.24, 2.45) is 11.8 Å². The minimum absolute atomic E-state index is 0.306. The van der Waals surface area contributed by atoms with Crippen molar-refractivity contribution in [2.45, 2.75) is 56.1 Å². The lowest BCUT2D eigenvalue weighted by atomic mass is 9.90. The molecule has 0 radical (unpaired) electrons. The molecule has 0 saturated carbocycles. The third-order valence-electron chi connectivity index (χ3n) is 5.20. The lowest BCUT2D eigenvalue weighted by Crippen LogP contribution is -2.58. The number of hydrogen-bond donors (Lipinski definition) is 6. The van der Waals surface area contributed by atoms with E-state index in [9.17, 15) is 28.8 Å². The van der Waals surface area contributed by atoms with Gasteiger partial charge >= 0.3 is 10.4 Å². The summed E-state index contributed by atoms with van der Waals surface area (Å²) >= 11 is 0. The predicted octanol–water partition coefficient (Wildman–Crippen LogP) is -2.96. The van der Waals surface area contributed by atoms with Crippen molar-refractivity contribution in [3.8, 4) is 0 Å². The van der Waals surface area contributed by atoms with E-state index in [-0.39, 0.29) is 6.61 Å². The Kier molecular flexibility index (Phi) is 9.92. The Morgan fingerprint density at radius 3 is 2.29 bits per heavy atom. The van der Waals surface area contributed by atoms with E-state index < -0.39 is 84.7 Å². The minimum Gasteiger partial charge on any atom is -0.394 e. The van der Waals surface area contributed by atoms with Gasteiger partial charge in [-0.15, -0.1) is 0 Å². The summed E-state index contributed by atoms with van der Waals surface area (Å²) in [4.78, 5) is 4.46. The summed E-state index contributed by atoms with van der Waals surface area (Å²) in [6, 6.07) is 0. The molecule has 0 aromatic rings. The van der Waals surface area contributed by atoms with Crippen molar-refractivity contribution in [1.82, 2.24) is 0 Å². The lowest BCUT2D eigenvalue weighted by molar-refractivity contribution is -0.495. The first-order valence-corrected chi connectivity index (χ1v) is 10.6. The normalized spacial score (nSPS) is 42.3. The zero-order valence-electron chi connectivity index (χ0n) is 16.7. The van der Waals surface area contributed by atoms with Crippen molar-refractivity contribution in [3.05, 3.63) is 0 Å². The van der Waals surface area contributed by atoms with Gasteiger partial charge < -0.3 is 39.4 Å². The SMILES string of the molecule is CO[C@@H]1OCC(COOO)[C@H](O[C@@H]2OC(CO)[C@H](O)[C@H](C)C2O)C(O)[C@@H]1OS(=O)(=O)O. The first-order valence-electron chi connectivity index (χ1n) is 9.23. The van der Waals surface area contributed by atoms with Crippen LogP contribution in [0.2, 0.25) is 0 Å². The Morgan fingerprint density at radius 2 is 1.74 bits per heavy atom. The smallest absolute Gasteiger partial charge is 0.394 e. The second-order valence-corrected chi connectivity index (χ2v) is 8.25. The third kappa shape index (κ3) is 6.71. The van der Waals surface area contributed by atoms with E-state index >= 15 is 0 Å². The van der Waals surface area contributed by atoms with Crippen molar-refractivity contribution in [1.29, 1.82) is 0 Å². The van der Waals surface area contributed by atoms with E-state index in [0.29, 0.717) is 0 Å². The molecule has 2 aliphatic heterocycles. The van der Waals surface area contributed by atoms with Gasteiger partial charge in [0.1, 0.15) is 18.3 Å². The molecule has 16 heteroatoms. The minimum atomic E-state index is -5.06. The zero-order valence-corrected chi connectivity index (χ0v) is 17.5. The molecule has 2 heterocycles. The summed E-state index contributed by atoms with van der Waals surface area (Å²) < 4.78 is 57.5. The van der Waals surface area contributed by atoms with Crippen LogP contribution >= 0.6 is 0 Å². The van der Waals surface area contributed by atoms with E-state index in [1.54, 1.807) is 0 Å². The van der Waals surface area contributed by atoms with Crippen LogP contribution in [0.4, 0.5) is 0 Å². The fourth-order valence-electron chi connectivity index (χ4n) is 3.47. The summed E-state index contributed by atoms with van der Waals surface area (Å²) in [6.07, 6.45) is -11.8. The molecule has 6 N–H and O–H groups in total. The van der Waals surface area contributed by atoms with Gasteiger partial charge in [0.15, 0.2) is 18.7 Å². The van der Waals surface area contributed by atoms with Crippen molar-refractivity contribution < 1.29 is 71.7 Å². The fourth-order valence-corrected chi connectivity index (χ4v) is 3.96. The van der Waals surface area contributed by atoms with Gasteiger partial charge in [0.2, 0.25) is 0 Å². The second kappa shape index (κ2) is 11.5. The van der Waals surface area contributed by atoms with Gasteiger partial charge in [0, 0.05) is 18.9 Å². The van der Waals surface area contributed by atoms with Crippen LogP contribution in [0.15, 0.2) is 0 Å². The molecule has 2 rings (SSSR count). The summed E-state index contributed by atoms with van der Waals surface area (Å²) in [6.45, 7) is 0.130. The topological polar surface area (TPSA) is 220 Å². The highest BCUT2D eigenvalue weighted by Gasteiger charge is 2.50. The molecule has 0 amide bonds. The van der Waals surface area contributed by atoms with Crippen LogP contribution in [-0.4, -0.2) is 115 Å². The second-order valence-electron chi connectivity index (χ2n) is 7.20. The van der Waals surface area contributed by atoms with Crippen LogP contribution < -0.4 is 0 Å². The molecule has 184 valence electrons. The molecule has 0 spiro atoms. The van der Waals surface area contributed by atoms with E-state index in [4.69, 9.17) is 28.8 Å². The van der Waals surface area contributed by atoms with Crippen LogP contribution in [-0.2, 0) is 43.5 Å². The molecule has 2 aliphatic rings. The highest BCUT2D eigenvalue weighted by Crippen LogP contribution is 2.32. The van der Waals surface area contributed by atoms with Crippen LogP contribution in [0.5, 0.6) is 0 Å². The van der Waals surface area contributed by atoms with Crippen LogP contribution in [0.25, 0.3) is 0 Å². The van der Waals surface area contributed by atoms with E-state index in [2.05, 4.69) is 14.1 Å². The van der Waals surface area contributed by atoms with Gasteiger partial charge in [-0.25, -0.2) is 14.3 Å². The van der Waals surface area contributed by atoms with Gasteiger partial charge in [-0.05, 0) is 0 Å². The van der Waals surface area contributed by atoms with Crippen molar-refractivity contribution >= 4 is 10.4 Å². The Labute approximate surface area is 177 Å². The maximum atomic E-state index is 11.3. The summed E-state index contributed by atoms with van der Waals surface area (Å²) in [7, 11) is -3.94. The Balaban J connectivity index is 2.32. The Hall–Kier alpha value is -0.570. The highest BCUT2D eigenvalue weighted by molar-refractivity contribution is 7.80. The molecule has 15 nitrogen and oxygen atoms in total. The maximum Gasteiger partial charge on any atom is 0.397 e. The average Bonchev–Trinajstić information content (AvgIpc) is 2.83. The van der Waals surface area contributed by atoms with E-state index in [1.165, 1.54) is 6.92 Å². The Bertz CT molecular complexity index is 644. The fraction of sp³-hybridized carbons (Fsp3) is 1.00. The van der Waals surface area contributed by atoms with Crippen LogP contribution in [0.1, 0.15) is 6.92 Å². The third-order valence-corrected chi connectivity index (χ3v) is 5.66. The molecular weight excluding hydrogens is 452 g/mol. The number of aliphatic hydroxyl groups excluding tert-OH is 4. The molecule has 2 fully saturated rings. The number of methoxy groups -OCH3 is 1. The molecule has 0 bridgehead atoms. The summed E-state index contributed by atoms with van der Waals surface area (Å²) in [5, 5.41) is 52.8. The molecule has 2 saturated heterocycles. The van der Waals surface area contributed by atoms with Gasteiger partial charge in [0.25, 0.3) is 0 Å². The van der Waals surface area contributed by atoms with Gasteiger partial charge in [0.05, 0.1) is 32.0 Å². The molecule has 4 unspecified atom stereocenters. The molecule has 31 heavy (non-hydrogen) atoms. The van der Waals surface area contributed by atoms with Gasteiger partial charge in [-0.2, -0.15) is 8.42 Å². The van der Waals surface area contributed by atoms with Gasteiger partial charge in [-0.3, -0.25) is 4.55 Å². The Morgan fingerprint density at radius 1 is 1.06 bits per heavy atom. The largest absolute Gasteiger partial charge is 0.397 e. The van der Waals surface area contributed by atoms with Crippen LogP contribution in [0.3, 0.4) is 0 Å². The first kappa shape index (κ1) is 26.7. The molecule has 0 aromatic carbocycles. The van der Waals surface area contributed by atoms with E-state index in [0.717, 1.165) is 7.11 Å². The van der Waals surface area contributed by atoms with Crippen LogP contribution in [0, 0.1) is 11.8 Å². The van der Waals surface area contributed by atoms with Gasteiger partial charge in [-0.1, -0.05) is 12.0 Å². The average molecular weight is 480 g/mol. The molecule has 10 atom stereocenters. The van der Waals surface area contributed by atoms with Crippen molar-refractivity contribution in [2.75, 3.05) is 26.9 Å². The predicted molar refractivity (Wildman–Crippen MR) is 94.1 cm³/mol. The standard InChI is InChI=1S/C15H28O15S/c1-6-9(17)8(3-16)27-14(10(6)18)28-12-7(5-26-30-20)4-25-15(24-2)13(11(12)19)29-31(21,22)23/h6-20H,3-5H2,1-2H3,(H,21,22,23)/t6-,7?,8?,9+,10?,11?,12-,13-,14-,15+/m0/s1. The maximum absolute atomic E-state index is 11.3. The highest BCUT2D eigenvalue weighted by atomic mass is 32.3. The quantitative estimate of drug-likeness (QED) is 0.110. The number of hydrogen-bond acceptors (Lipinski definition) is 14.